The summed E-state index contributed by atoms with van der Waals surface area (Å²) in [5.41, 5.74) is -0.815. The van der Waals surface area contributed by atoms with Crippen LogP contribution in [-0.4, -0.2) is 61.1 Å². The molecule has 2 N–H and O–H groups in total. The molecule has 10 nitrogen and oxygen atoms in total. The number of morpholine rings is 1. The van der Waals surface area contributed by atoms with Gasteiger partial charge in [-0.2, -0.15) is 32.8 Å². The van der Waals surface area contributed by atoms with Gasteiger partial charge in [0.1, 0.15) is 17.2 Å². The molecule has 0 unspecified atom stereocenters. The lowest BCUT2D eigenvalue weighted by Gasteiger charge is -2.27. The van der Waals surface area contributed by atoms with Crippen molar-refractivity contribution in [2.75, 3.05) is 36.5 Å². The van der Waals surface area contributed by atoms with Crippen LogP contribution in [0.25, 0.3) is 17.0 Å². The Morgan fingerprint density at radius 3 is 2.70 bits per heavy atom. The lowest BCUT2D eigenvalue weighted by Crippen LogP contribution is -2.37. The van der Waals surface area contributed by atoms with Gasteiger partial charge in [0, 0.05) is 18.7 Å². The number of hydrogen-bond acceptors (Lipinski definition) is 8. The number of aromatic nitrogens is 7. The van der Waals surface area contributed by atoms with Crippen LogP contribution in [-0.2, 0) is 17.5 Å². The molecule has 0 radical (unpaired) electrons. The minimum atomic E-state index is -4.62. The number of rotatable bonds is 5. The highest BCUT2D eigenvalue weighted by Gasteiger charge is 2.36. The summed E-state index contributed by atoms with van der Waals surface area (Å²) in [6.07, 6.45) is -3.91. The predicted molar refractivity (Wildman–Crippen MR) is 108 cm³/mol. The van der Waals surface area contributed by atoms with Crippen molar-refractivity contribution in [3.05, 3.63) is 47.7 Å². The van der Waals surface area contributed by atoms with Crippen molar-refractivity contribution in [3.8, 4) is 11.4 Å². The number of aromatic amines is 1. The van der Waals surface area contributed by atoms with Crippen molar-refractivity contribution >= 4 is 17.5 Å². The monoisotopic (exact) mass is 463 g/mol. The van der Waals surface area contributed by atoms with Crippen LogP contribution in [0.5, 0.6) is 0 Å². The average Bonchev–Trinajstić information content (AvgIpc) is 3.45. The molecule has 0 atom stereocenters. The van der Waals surface area contributed by atoms with Gasteiger partial charge in [-0.1, -0.05) is 12.1 Å². The van der Waals surface area contributed by atoms with E-state index >= 15 is 0 Å². The molecule has 1 aromatic carbocycles. The molecule has 1 fully saturated rings. The van der Waals surface area contributed by atoms with Gasteiger partial charge < -0.3 is 19.9 Å². The van der Waals surface area contributed by atoms with Crippen LogP contribution >= 0.6 is 0 Å². The number of alkyl halides is 3. The molecule has 4 heterocycles. The topological polar surface area (TPSA) is 109 Å². The molecule has 1 aliphatic heterocycles. The van der Waals surface area contributed by atoms with Crippen LogP contribution in [0, 0.1) is 5.82 Å². The minimum absolute atomic E-state index is 0.0538. The van der Waals surface area contributed by atoms with Crippen LogP contribution in [0.3, 0.4) is 0 Å². The van der Waals surface area contributed by atoms with Gasteiger partial charge in [-0.3, -0.25) is 0 Å². The van der Waals surface area contributed by atoms with Gasteiger partial charge in [0.15, 0.2) is 11.5 Å². The molecular weight excluding hydrogens is 446 g/mol. The Balaban J connectivity index is 1.45. The van der Waals surface area contributed by atoms with Gasteiger partial charge in [-0.05, 0) is 12.1 Å². The quantitative estimate of drug-likeness (QED) is 0.435. The average molecular weight is 463 g/mol. The van der Waals surface area contributed by atoms with E-state index in [0.717, 1.165) is 10.7 Å². The maximum absolute atomic E-state index is 13.5. The number of H-pyrrole nitrogens is 1. The predicted octanol–water partition coefficient (Wildman–Crippen LogP) is 2.52. The van der Waals surface area contributed by atoms with E-state index in [1.54, 1.807) is 17.0 Å². The Hall–Kier alpha value is -3.81. The first-order valence-corrected chi connectivity index (χ1v) is 9.95. The molecule has 3 aromatic heterocycles. The second-order valence-corrected chi connectivity index (χ2v) is 7.22. The lowest BCUT2D eigenvalue weighted by molar-refractivity contribution is -0.136. The number of halogens is 4. The van der Waals surface area contributed by atoms with Gasteiger partial charge in [0.2, 0.25) is 11.9 Å². The zero-order chi connectivity index (χ0) is 23.0. The Morgan fingerprint density at radius 1 is 1.12 bits per heavy atom. The number of hydrogen-bond donors (Lipinski definition) is 2. The highest BCUT2D eigenvalue weighted by molar-refractivity contribution is 5.57. The van der Waals surface area contributed by atoms with E-state index in [1.165, 1.54) is 12.1 Å². The van der Waals surface area contributed by atoms with E-state index in [2.05, 4.69) is 35.6 Å². The highest BCUT2D eigenvalue weighted by Crippen LogP contribution is 2.33. The summed E-state index contributed by atoms with van der Waals surface area (Å²) in [5.74, 6) is 0.503. The van der Waals surface area contributed by atoms with Crippen molar-refractivity contribution in [2.45, 2.75) is 12.7 Å². The van der Waals surface area contributed by atoms with E-state index in [-0.39, 0.29) is 24.1 Å². The number of nitrogens with zero attached hydrogens (tertiary/aromatic N) is 7. The van der Waals surface area contributed by atoms with Gasteiger partial charge >= 0.3 is 6.18 Å². The Bertz CT molecular complexity index is 1280. The second kappa shape index (κ2) is 8.27. The standard InChI is InChI=1S/C19H17F4N9O/c20-12-3-1-2-11(8-12)15-26-14(29-30-15)10-24-17-28-18(31-4-6-33-7-5-31)27-16-13(19(21,22)23)9-25-32(16)17/h1-3,8-9H,4-7,10H2,(H,24,27,28)(H,26,29,30). The first-order chi connectivity index (χ1) is 15.9. The molecule has 5 rings (SSSR count). The Kier molecular flexibility index (Phi) is 5.28. The third-order valence-corrected chi connectivity index (χ3v) is 5.00. The summed E-state index contributed by atoms with van der Waals surface area (Å²) in [7, 11) is 0. The summed E-state index contributed by atoms with van der Waals surface area (Å²) >= 11 is 0. The summed E-state index contributed by atoms with van der Waals surface area (Å²) < 4.78 is 60.2. The molecule has 0 saturated carbocycles. The molecule has 172 valence electrons. The Labute approximate surface area is 183 Å². The molecule has 0 amide bonds. The minimum Gasteiger partial charge on any atom is -0.378 e. The third-order valence-electron chi connectivity index (χ3n) is 5.00. The van der Waals surface area contributed by atoms with Crippen molar-refractivity contribution < 1.29 is 22.3 Å². The number of anilines is 2. The number of ether oxygens (including phenoxy) is 1. The van der Waals surface area contributed by atoms with Gasteiger partial charge in [-0.25, -0.2) is 4.39 Å². The molecule has 1 saturated heterocycles. The first kappa shape index (κ1) is 21.1. The van der Waals surface area contributed by atoms with E-state index in [0.29, 0.717) is 43.5 Å². The normalized spacial score (nSPS) is 14.7. The Morgan fingerprint density at radius 2 is 1.94 bits per heavy atom. The van der Waals surface area contributed by atoms with Gasteiger partial charge in [0.25, 0.3) is 0 Å². The van der Waals surface area contributed by atoms with E-state index < -0.39 is 17.6 Å². The summed E-state index contributed by atoms with van der Waals surface area (Å²) in [6, 6.07) is 5.84. The van der Waals surface area contributed by atoms with Crippen LogP contribution in [0.4, 0.5) is 29.5 Å². The molecule has 33 heavy (non-hydrogen) atoms. The number of fused-ring (bicyclic) bond motifs is 1. The summed E-state index contributed by atoms with van der Waals surface area (Å²) in [5, 5.41) is 14.8. The van der Waals surface area contributed by atoms with Crippen LogP contribution in [0.15, 0.2) is 30.5 Å². The number of nitrogens with one attached hydrogen (secondary N) is 2. The molecule has 4 aromatic rings. The molecule has 14 heteroatoms. The van der Waals surface area contributed by atoms with Crippen LogP contribution in [0.2, 0.25) is 0 Å². The smallest absolute Gasteiger partial charge is 0.378 e. The molecule has 0 aliphatic carbocycles. The SMILES string of the molecule is Fc1cccc(-c2nnc(CNc3nc(N4CCOCC4)nc4c(C(F)(F)F)cnn34)[nH]2)c1. The van der Waals surface area contributed by atoms with Crippen molar-refractivity contribution in [2.24, 2.45) is 0 Å². The van der Waals surface area contributed by atoms with Gasteiger partial charge in [-0.15, -0.1) is 10.2 Å². The zero-order valence-corrected chi connectivity index (χ0v) is 17.0. The molecule has 1 aliphatic rings. The van der Waals surface area contributed by atoms with Crippen LogP contribution < -0.4 is 10.2 Å². The molecule has 0 bridgehead atoms. The largest absolute Gasteiger partial charge is 0.421 e. The third kappa shape index (κ3) is 4.28. The summed E-state index contributed by atoms with van der Waals surface area (Å²) in [4.78, 5) is 13.2. The van der Waals surface area contributed by atoms with Gasteiger partial charge in [0.05, 0.1) is 26.0 Å². The fourth-order valence-electron chi connectivity index (χ4n) is 3.39. The van der Waals surface area contributed by atoms with E-state index in [4.69, 9.17) is 4.74 Å². The first-order valence-electron chi connectivity index (χ1n) is 9.95. The van der Waals surface area contributed by atoms with Crippen molar-refractivity contribution in [3.63, 3.8) is 0 Å². The van der Waals surface area contributed by atoms with E-state index in [1.807, 2.05) is 0 Å². The zero-order valence-electron chi connectivity index (χ0n) is 17.0. The van der Waals surface area contributed by atoms with Crippen LogP contribution in [0.1, 0.15) is 11.4 Å². The highest BCUT2D eigenvalue weighted by atomic mass is 19.4. The maximum atomic E-state index is 13.5. The molecule has 0 spiro atoms. The fourth-order valence-corrected chi connectivity index (χ4v) is 3.39. The maximum Gasteiger partial charge on any atom is 0.421 e. The fraction of sp³-hybridized carbons (Fsp3) is 0.316. The second-order valence-electron chi connectivity index (χ2n) is 7.22. The van der Waals surface area contributed by atoms with Crippen molar-refractivity contribution in [1.29, 1.82) is 0 Å². The van der Waals surface area contributed by atoms with Crippen molar-refractivity contribution in [1.82, 2.24) is 34.8 Å². The summed E-state index contributed by atoms with van der Waals surface area (Å²) in [6.45, 7) is 1.79. The lowest BCUT2D eigenvalue weighted by atomic mass is 10.2. The molecular formula is C19H17F4N9O. The number of benzene rings is 1. The van der Waals surface area contributed by atoms with E-state index in [9.17, 15) is 17.6 Å².